The van der Waals surface area contributed by atoms with Crippen molar-refractivity contribution in [2.45, 2.75) is 6.54 Å². The smallest absolute Gasteiger partial charge is 0.274 e. The highest BCUT2D eigenvalue weighted by molar-refractivity contribution is 5.95. The molecule has 0 aliphatic rings. The van der Waals surface area contributed by atoms with Crippen molar-refractivity contribution in [3.63, 3.8) is 0 Å². The maximum atomic E-state index is 12.0. The highest BCUT2D eigenvalue weighted by Crippen LogP contribution is 2.18. The average Bonchev–Trinajstić information content (AvgIpc) is 2.88. The summed E-state index contributed by atoms with van der Waals surface area (Å²) in [5.41, 5.74) is 2.05. The summed E-state index contributed by atoms with van der Waals surface area (Å²) in [6.07, 6.45) is 3.34. The van der Waals surface area contributed by atoms with Crippen LogP contribution in [0.3, 0.4) is 0 Å². The lowest BCUT2D eigenvalue weighted by molar-refractivity contribution is 0.0943. The second kappa shape index (κ2) is 5.05. The summed E-state index contributed by atoms with van der Waals surface area (Å²) in [7, 11) is 0. The summed E-state index contributed by atoms with van der Waals surface area (Å²) < 4.78 is 0. The first kappa shape index (κ1) is 12.2. The maximum Gasteiger partial charge on any atom is 0.274 e. The Hall–Kier alpha value is -2.82. The molecular weight excluding hydrogens is 254 g/mol. The number of nitrogens with zero attached hydrogens (tertiary/aromatic N) is 1. The topological polar surface area (TPSA) is 78.0 Å². The van der Waals surface area contributed by atoms with Gasteiger partial charge in [-0.15, -0.1) is 0 Å². The van der Waals surface area contributed by atoms with Crippen LogP contribution in [0.1, 0.15) is 16.1 Å². The van der Waals surface area contributed by atoms with E-state index >= 15 is 0 Å². The van der Waals surface area contributed by atoms with Gasteiger partial charge in [-0.25, -0.2) is 4.98 Å². The van der Waals surface area contributed by atoms with E-state index in [-0.39, 0.29) is 11.4 Å². The summed E-state index contributed by atoms with van der Waals surface area (Å²) in [5.74, 6) is -0.516. The van der Waals surface area contributed by atoms with Gasteiger partial charge < -0.3 is 15.4 Å². The Morgan fingerprint density at radius 2 is 2.10 bits per heavy atom. The van der Waals surface area contributed by atoms with Gasteiger partial charge in [0.25, 0.3) is 5.91 Å². The number of aromatic nitrogens is 2. The predicted molar refractivity (Wildman–Crippen MR) is 75.4 cm³/mol. The zero-order valence-corrected chi connectivity index (χ0v) is 10.6. The molecule has 3 rings (SSSR count). The molecule has 3 N–H and O–H groups in total. The first-order valence-corrected chi connectivity index (χ1v) is 6.23. The van der Waals surface area contributed by atoms with Crippen LogP contribution in [0.5, 0.6) is 5.75 Å². The zero-order valence-electron chi connectivity index (χ0n) is 10.6. The number of carbonyl (C=O) groups excluding carboxylic acids is 1. The monoisotopic (exact) mass is 267 g/mol. The SMILES string of the molecule is O=C(NCc1c[nH]c2ccccc12)c1ncccc1O. The molecule has 0 aliphatic heterocycles. The molecule has 0 spiro atoms. The van der Waals surface area contributed by atoms with Crippen LogP contribution in [0.2, 0.25) is 0 Å². The number of benzene rings is 1. The summed E-state index contributed by atoms with van der Waals surface area (Å²) in [6, 6.07) is 10.9. The van der Waals surface area contributed by atoms with Gasteiger partial charge in [0.05, 0.1) is 0 Å². The van der Waals surface area contributed by atoms with Crippen molar-refractivity contribution in [1.82, 2.24) is 15.3 Å². The molecule has 100 valence electrons. The number of hydrogen-bond acceptors (Lipinski definition) is 3. The van der Waals surface area contributed by atoms with Crippen LogP contribution in [0, 0.1) is 0 Å². The minimum absolute atomic E-state index is 0.0346. The van der Waals surface area contributed by atoms with Crippen molar-refractivity contribution in [1.29, 1.82) is 0 Å². The highest BCUT2D eigenvalue weighted by Gasteiger charge is 2.12. The van der Waals surface area contributed by atoms with E-state index in [0.29, 0.717) is 6.54 Å². The van der Waals surface area contributed by atoms with Gasteiger partial charge in [-0.3, -0.25) is 4.79 Å². The van der Waals surface area contributed by atoms with E-state index in [2.05, 4.69) is 15.3 Å². The number of aromatic amines is 1. The fourth-order valence-electron chi connectivity index (χ4n) is 2.11. The Morgan fingerprint density at radius 1 is 1.25 bits per heavy atom. The van der Waals surface area contributed by atoms with E-state index in [0.717, 1.165) is 16.5 Å². The van der Waals surface area contributed by atoms with Crippen LogP contribution in [-0.2, 0) is 6.54 Å². The highest BCUT2D eigenvalue weighted by atomic mass is 16.3. The number of carbonyl (C=O) groups is 1. The molecule has 0 unspecified atom stereocenters. The van der Waals surface area contributed by atoms with E-state index in [1.54, 1.807) is 6.07 Å². The van der Waals surface area contributed by atoms with Crippen LogP contribution >= 0.6 is 0 Å². The summed E-state index contributed by atoms with van der Waals surface area (Å²) in [6.45, 7) is 0.374. The van der Waals surface area contributed by atoms with Crippen LogP contribution in [-0.4, -0.2) is 21.0 Å². The molecule has 5 heteroatoms. The van der Waals surface area contributed by atoms with Crippen molar-refractivity contribution < 1.29 is 9.90 Å². The molecule has 20 heavy (non-hydrogen) atoms. The van der Waals surface area contributed by atoms with Crippen molar-refractivity contribution in [2.24, 2.45) is 0 Å². The first-order chi connectivity index (χ1) is 9.75. The molecule has 2 heterocycles. The second-order valence-electron chi connectivity index (χ2n) is 4.41. The molecule has 5 nitrogen and oxygen atoms in total. The molecule has 1 aromatic carbocycles. The van der Waals surface area contributed by atoms with Gasteiger partial charge in [0.1, 0.15) is 5.75 Å². The fraction of sp³-hybridized carbons (Fsp3) is 0.0667. The normalized spacial score (nSPS) is 10.6. The van der Waals surface area contributed by atoms with Gasteiger partial charge in [0.15, 0.2) is 5.69 Å². The van der Waals surface area contributed by atoms with Crippen LogP contribution in [0.4, 0.5) is 0 Å². The summed E-state index contributed by atoms with van der Waals surface area (Å²) in [4.78, 5) is 19.0. The number of rotatable bonds is 3. The molecule has 0 radical (unpaired) electrons. The minimum atomic E-state index is -0.395. The molecule has 0 bridgehead atoms. The van der Waals surface area contributed by atoms with Crippen LogP contribution < -0.4 is 5.32 Å². The number of nitrogens with one attached hydrogen (secondary N) is 2. The third-order valence-corrected chi connectivity index (χ3v) is 3.12. The third kappa shape index (κ3) is 2.21. The van der Waals surface area contributed by atoms with E-state index in [1.165, 1.54) is 12.3 Å². The van der Waals surface area contributed by atoms with Crippen LogP contribution in [0.15, 0.2) is 48.8 Å². The lowest BCUT2D eigenvalue weighted by Crippen LogP contribution is -2.23. The summed E-state index contributed by atoms with van der Waals surface area (Å²) >= 11 is 0. The Kier molecular flexibility index (Phi) is 3.09. The number of H-pyrrole nitrogens is 1. The van der Waals surface area contributed by atoms with E-state index in [1.807, 2.05) is 30.5 Å². The molecule has 3 aromatic rings. The van der Waals surface area contributed by atoms with Crippen molar-refractivity contribution >= 4 is 16.8 Å². The lowest BCUT2D eigenvalue weighted by atomic mass is 10.2. The van der Waals surface area contributed by atoms with Gasteiger partial charge in [0, 0.05) is 29.8 Å². The minimum Gasteiger partial charge on any atom is -0.505 e. The van der Waals surface area contributed by atoms with E-state index < -0.39 is 5.91 Å². The molecule has 0 fully saturated rings. The number of fused-ring (bicyclic) bond motifs is 1. The molecule has 0 aliphatic carbocycles. The number of amides is 1. The first-order valence-electron chi connectivity index (χ1n) is 6.23. The Morgan fingerprint density at radius 3 is 2.95 bits per heavy atom. The standard InChI is InChI=1S/C15H13N3O2/c19-13-6-3-7-16-14(13)15(20)18-9-10-8-17-12-5-2-1-4-11(10)12/h1-8,17,19H,9H2,(H,18,20). The number of pyridine rings is 1. The van der Waals surface area contributed by atoms with Gasteiger partial charge in [0.2, 0.25) is 0 Å². The van der Waals surface area contributed by atoms with Crippen LogP contribution in [0.25, 0.3) is 10.9 Å². The molecule has 0 saturated carbocycles. The average molecular weight is 267 g/mol. The second-order valence-corrected chi connectivity index (χ2v) is 4.41. The molecular formula is C15H13N3O2. The Labute approximate surface area is 115 Å². The zero-order chi connectivity index (χ0) is 13.9. The van der Waals surface area contributed by atoms with E-state index in [9.17, 15) is 9.90 Å². The Balaban J connectivity index is 1.77. The number of aromatic hydroxyl groups is 1. The molecule has 1 amide bonds. The largest absolute Gasteiger partial charge is 0.505 e. The fourth-order valence-corrected chi connectivity index (χ4v) is 2.11. The molecule has 0 saturated heterocycles. The summed E-state index contributed by atoms with van der Waals surface area (Å²) in [5, 5.41) is 13.4. The molecule has 2 aromatic heterocycles. The molecule has 0 atom stereocenters. The van der Waals surface area contributed by atoms with Crippen molar-refractivity contribution in [2.75, 3.05) is 0 Å². The number of hydrogen-bond donors (Lipinski definition) is 3. The quantitative estimate of drug-likeness (QED) is 0.680. The Bertz CT molecular complexity index is 764. The van der Waals surface area contributed by atoms with Gasteiger partial charge in [-0.1, -0.05) is 18.2 Å². The third-order valence-electron chi connectivity index (χ3n) is 3.12. The lowest BCUT2D eigenvalue weighted by Gasteiger charge is -2.05. The number of para-hydroxylation sites is 1. The van der Waals surface area contributed by atoms with Gasteiger partial charge in [-0.2, -0.15) is 0 Å². The van der Waals surface area contributed by atoms with Crippen molar-refractivity contribution in [3.8, 4) is 5.75 Å². The predicted octanol–water partition coefficient (Wildman–Crippen LogP) is 2.20. The van der Waals surface area contributed by atoms with E-state index in [4.69, 9.17) is 0 Å². The van der Waals surface area contributed by atoms with Gasteiger partial charge >= 0.3 is 0 Å². The maximum absolute atomic E-state index is 12.0. The van der Waals surface area contributed by atoms with Crippen molar-refractivity contribution in [3.05, 3.63) is 60.0 Å². The van der Waals surface area contributed by atoms with Gasteiger partial charge in [-0.05, 0) is 23.8 Å².